The van der Waals surface area contributed by atoms with Crippen LogP contribution in [-0.2, 0) is 11.3 Å². The van der Waals surface area contributed by atoms with Gasteiger partial charge in [0.2, 0.25) is 5.91 Å². The molecule has 0 unspecified atom stereocenters. The largest absolute Gasteiger partial charge is 0.379 e. The van der Waals surface area contributed by atoms with Crippen LogP contribution < -0.4 is 10.2 Å². The monoisotopic (exact) mass is 287 g/mol. The van der Waals surface area contributed by atoms with Gasteiger partial charge in [-0.1, -0.05) is 0 Å². The first-order valence-corrected chi connectivity index (χ1v) is 7.65. The first-order valence-electron chi connectivity index (χ1n) is 6.78. The van der Waals surface area contributed by atoms with Crippen molar-refractivity contribution in [2.75, 3.05) is 16.8 Å². The fourth-order valence-corrected chi connectivity index (χ4v) is 2.98. The number of rotatable bonds is 4. The van der Waals surface area contributed by atoms with Gasteiger partial charge in [-0.2, -0.15) is 0 Å². The molecule has 1 fully saturated rings. The van der Waals surface area contributed by atoms with Gasteiger partial charge in [-0.3, -0.25) is 4.79 Å². The van der Waals surface area contributed by atoms with Crippen LogP contribution in [0.1, 0.15) is 23.5 Å². The van der Waals surface area contributed by atoms with Crippen molar-refractivity contribution in [2.24, 2.45) is 0 Å². The van der Waals surface area contributed by atoms with E-state index in [4.69, 9.17) is 0 Å². The Hall–Kier alpha value is -1.88. The zero-order valence-corrected chi connectivity index (χ0v) is 12.2. The number of aromatic nitrogens is 1. The van der Waals surface area contributed by atoms with Crippen LogP contribution in [0.15, 0.2) is 29.6 Å². The van der Waals surface area contributed by atoms with Crippen molar-refractivity contribution in [1.29, 1.82) is 0 Å². The van der Waals surface area contributed by atoms with E-state index in [9.17, 15) is 4.79 Å². The standard InChI is InChI=1S/C15H17N3OS/c1-11-17-13(10-20-11)9-16-12-4-6-14(7-5-12)18-8-2-3-15(18)19/h4-7,10,16H,2-3,8-9H2,1H3. The quantitative estimate of drug-likeness (QED) is 0.939. The van der Waals surface area contributed by atoms with Crippen molar-refractivity contribution in [3.8, 4) is 0 Å². The summed E-state index contributed by atoms with van der Waals surface area (Å²) in [5, 5.41) is 6.50. The van der Waals surface area contributed by atoms with E-state index in [0.717, 1.165) is 41.6 Å². The van der Waals surface area contributed by atoms with Crippen molar-refractivity contribution in [1.82, 2.24) is 4.98 Å². The minimum atomic E-state index is 0.226. The van der Waals surface area contributed by atoms with Gasteiger partial charge in [-0.25, -0.2) is 4.98 Å². The molecule has 0 aliphatic carbocycles. The highest BCUT2D eigenvalue weighted by Crippen LogP contribution is 2.23. The molecule has 2 heterocycles. The van der Waals surface area contributed by atoms with Crippen LogP contribution in [0.25, 0.3) is 0 Å². The first kappa shape index (κ1) is 13.1. The number of carbonyl (C=O) groups excluding carboxylic acids is 1. The summed E-state index contributed by atoms with van der Waals surface area (Å²) in [5.74, 6) is 0.226. The summed E-state index contributed by atoms with van der Waals surface area (Å²) in [7, 11) is 0. The Morgan fingerprint density at radius 2 is 2.15 bits per heavy atom. The van der Waals surface area contributed by atoms with E-state index in [-0.39, 0.29) is 5.91 Å². The van der Waals surface area contributed by atoms with Crippen LogP contribution >= 0.6 is 11.3 Å². The fourth-order valence-electron chi connectivity index (χ4n) is 2.36. The van der Waals surface area contributed by atoms with Gasteiger partial charge < -0.3 is 10.2 Å². The Kier molecular flexibility index (Phi) is 3.69. The lowest BCUT2D eigenvalue weighted by Crippen LogP contribution is -2.23. The van der Waals surface area contributed by atoms with Gasteiger partial charge in [-0.15, -0.1) is 11.3 Å². The zero-order chi connectivity index (χ0) is 13.9. The molecule has 0 spiro atoms. The molecule has 1 aromatic heterocycles. The molecule has 1 saturated heterocycles. The Balaban J connectivity index is 1.62. The molecule has 5 heteroatoms. The number of thiazole rings is 1. The average Bonchev–Trinajstić information content (AvgIpc) is 3.06. The second-order valence-electron chi connectivity index (χ2n) is 4.91. The summed E-state index contributed by atoms with van der Waals surface area (Å²) < 4.78 is 0. The van der Waals surface area contributed by atoms with Crippen molar-refractivity contribution in [2.45, 2.75) is 26.3 Å². The summed E-state index contributed by atoms with van der Waals surface area (Å²) in [6.07, 6.45) is 1.63. The Morgan fingerprint density at radius 1 is 1.35 bits per heavy atom. The first-order chi connectivity index (χ1) is 9.72. The SMILES string of the molecule is Cc1nc(CNc2ccc(N3CCCC3=O)cc2)cs1. The molecule has 1 aliphatic heterocycles. The maximum atomic E-state index is 11.7. The number of anilines is 2. The normalized spacial score (nSPS) is 14.8. The molecule has 1 amide bonds. The zero-order valence-electron chi connectivity index (χ0n) is 11.4. The molecule has 20 heavy (non-hydrogen) atoms. The van der Waals surface area contributed by atoms with Crippen molar-refractivity contribution < 1.29 is 4.79 Å². The van der Waals surface area contributed by atoms with Crippen LogP contribution in [-0.4, -0.2) is 17.4 Å². The Bertz CT molecular complexity index is 606. The third kappa shape index (κ3) is 2.82. The highest BCUT2D eigenvalue weighted by molar-refractivity contribution is 7.09. The second kappa shape index (κ2) is 5.63. The topological polar surface area (TPSA) is 45.2 Å². The van der Waals surface area contributed by atoms with Crippen molar-refractivity contribution in [3.05, 3.63) is 40.3 Å². The number of nitrogens with one attached hydrogen (secondary N) is 1. The molecular formula is C15H17N3OS. The molecule has 0 bridgehead atoms. The molecule has 0 saturated carbocycles. The molecule has 1 aromatic carbocycles. The Labute approximate surface area is 122 Å². The lowest BCUT2D eigenvalue weighted by molar-refractivity contribution is -0.117. The molecule has 0 atom stereocenters. The highest BCUT2D eigenvalue weighted by atomic mass is 32.1. The van der Waals surface area contributed by atoms with Gasteiger partial charge in [-0.05, 0) is 37.6 Å². The minimum absolute atomic E-state index is 0.226. The van der Waals surface area contributed by atoms with Gasteiger partial charge in [0, 0.05) is 29.7 Å². The molecule has 0 radical (unpaired) electrons. The van der Waals surface area contributed by atoms with Gasteiger partial charge in [0.15, 0.2) is 0 Å². The molecule has 104 valence electrons. The predicted octanol–water partition coefficient (Wildman–Crippen LogP) is 3.19. The maximum absolute atomic E-state index is 11.7. The van der Waals surface area contributed by atoms with Crippen LogP contribution in [0, 0.1) is 6.92 Å². The third-order valence-electron chi connectivity index (χ3n) is 3.39. The lowest BCUT2D eigenvalue weighted by Gasteiger charge is -2.16. The highest BCUT2D eigenvalue weighted by Gasteiger charge is 2.21. The van der Waals surface area contributed by atoms with Crippen LogP contribution in [0.5, 0.6) is 0 Å². The second-order valence-corrected chi connectivity index (χ2v) is 5.97. The van der Waals surface area contributed by atoms with Gasteiger partial charge in [0.05, 0.1) is 17.2 Å². The van der Waals surface area contributed by atoms with Crippen LogP contribution in [0.4, 0.5) is 11.4 Å². The average molecular weight is 287 g/mol. The predicted molar refractivity (Wildman–Crippen MR) is 82.2 cm³/mol. The number of benzene rings is 1. The molecule has 4 nitrogen and oxygen atoms in total. The number of nitrogens with zero attached hydrogens (tertiary/aromatic N) is 2. The third-order valence-corrected chi connectivity index (χ3v) is 4.21. The molecular weight excluding hydrogens is 270 g/mol. The summed E-state index contributed by atoms with van der Waals surface area (Å²) in [6.45, 7) is 3.58. The van der Waals surface area contributed by atoms with Crippen molar-refractivity contribution in [3.63, 3.8) is 0 Å². The minimum Gasteiger partial charge on any atom is -0.379 e. The van der Waals surface area contributed by atoms with E-state index in [0.29, 0.717) is 6.42 Å². The van der Waals surface area contributed by atoms with Crippen LogP contribution in [0.2, 0.25) is 0 Å². The summed E-state index contributed by atoms with van der Waals surface area (Å²) in [6, 6.07) is 8.02. The number of amides is 1. The van der Waals surface area contributed by atoms with E-state index >= 15 is 0 Å². The van der Waals surface area contributed by atoms with Gasteiger partial charge >= 0.3 is 0 Å². The van der Waals surface area contributed by atoms with E-state index < -0.39 is 0 Å². The van der Waals surface area contributed by atoms with E-state index in [1.54, 1.807) is 11.3 Å². The summed E-state index contributed by atoms with van der Waals surface area (Å²) in [5.41, 5.74) is 3.10. The van der Waals surface area contributed by atoms with Crippen LogP contribution in [0.3, 0.4) is 0 Å². The van der Waals surface area contributed by atoms with E-state index in [1.807, 2.05) is 36.1 Å². The Morgan fingerprint density at radius 3 is 2.75 bits per heavy atom. The smallest absolute Gasteiger partial charge is 0.227 e. The summed E-state index contributed by atoms with van der Waals surface area (Å²) >= 11 is 1.66. The molecule has 3 rings (SSSR count). The fraction of sp³-hybridized carbons (Fsp3) is 0.333. The number of aryl methyl sites for hydroxylation is 1. The molecule has 1 N–H and O–H groups in total. The lowest BCUT2D eigenvalue weighted by atomic mass is 10.2. The molecule has 1 aliphatic rings. The van der Waals surface area contributed by atoms with E-state index in [1.165, 1.54) is 0 Å². The number of hydrogen-bond acceptors (Lipinski definition) is 4. The number of hydrogen-bond donors (Lipinski definition) is 1. The van der Waals surface area contributed by atoms with E-state index in [2.05, 4.69) is 15.7 Å². The molecule has 2 aromatic rings. The maximum Gasteiger partial charge on any atom is 0.227 e. The van der Waals surface area contributed by atoms with Gasteiger partial charge in [0.25, 0.3) is 0 Å². The van der Waals surface area contributed by atoms with Gasteiger partial charge in [0.1, 0.15) is 0 Å². The van der Waals surface area contributed by atoms with Crippen molar-refractivity contribution >= 4 is 28.6 Å². The summed E-state index contributed by atoms with van der Waals surface area (Å²) in [4.78, 5) is 18.0. The number of carbonyl (C=O) groups is 1.